The van der Waals surface area contributed by atoms with Crippen molar-refractivity contribution in [3.63, 3.8) is 0 Å². The third-order valence-corrected chi connectivity index (χ3v) is 4.59. The number of fused-ring (bicyclic) bond motifs is 1. The van der Waals surface area contributed by atoms with E-state index in [-0.39, 0.29) is 24.1 Å². The van der Waals surface area contributed by atoms with Crippen LogP contribution in [0.25, 0.3) is 10.9 Å². The minimum Gasteiger partial charge on any atom is -0.348 e. The molecule has 0 spiro atoms. The second kappa shape index (κ2) is 7.61. The highest BCUT2D eigenvalue weighted by Gasteiger charge is 2.14. The van der Waals surface area contributed by atoms with Gasteiger partial charge in [0.2, 0.25) is 5.91 Å². The van der Waals surface area contributed by atoms with Gasteiger partial charge in [-0.3, -0.25) is 14.2 Å². The van der Waals surface area contributed by atoms with Crippen LogP contribution in [0, 0.1) is 0 Å². The lowest BCUT2D eigenvalue weighted by atomic mass is 10.0. The number of hydrogen-bond donors (Lipinski definition) is 1. The van der Waals surface area contributed by atoms with Gasteiger partial charge < -0.3 is 5.32 Å². The van der Waals surface area contributed by atoms with Crippen LogP contribution in [-0.2, 0) is 11.3 Å². The van der Waals surface area contributed by atoms with E-state index in [0.29, 0.717) is 10.9 Å². The lowest BCUT2D eigenvalue weighted by molar-refractivity contribution is -0.122. The third kappa shape index (κ3) is 3.96. The number of carbonyl (C=O) groups is 1. The highest BCUT2D eigenvalue weighted by Crippen LogP contribution is 2.19. The molecule has 3 rings (SSSR count). The highest BCUT2D eigenvalue weighted by molar-refractivity contribution is 9.10. The maximum atomic E-state index is 12.5. The first-order chi connectivity index (χ1) is 12.1. The first kappa shape index (κ1) is 17.4. The Morgan fingerprint density at radius 3 is 2.64 bits per heavy atom. The predicted molar refractivity (Wildman–Crippen MR) is 101 cm³/mol. The summed E-state index contributed by atoms with van der Waals surface area (Å²) in [6, 6.07) is 14.9. The Balaban J connectivity index is 1.76. The van der Waals surface area contributed by atoms with Crippen LogP contribution in [0.4, 0.5) is 0 Å². The zero-order valence-corrected chi connectivity index (χ0v) is 15.4. The molecular formula is C19H18BrN3O2. The number of nitrogens with zero attached hydrogens (tertiary/aromatic N) is 2. The van der Waals surface area contributed by atoms with Gasteiger partial charge in [0.15, 0.2) is 0 Å². The smallest absolute Gasteiger partial charge is 0.261 e. The number of nitrogens with one attached hydrogen (secondary N) is 1. The molecule has 1 N–H and O–H groups in total. The monoisotopic (exact) mass is 399 g/mol. The normalized spacial score (nSPS) is 12.1. The molecule has 2 aromatic carbocycles. The van der Waals surface area contributed by atoms with Crippen molar-refractivity contribution in [3.05, 3.63) is 75.2 Å². The quantitative estimate of drug-likeness (QED) is 0.714. The molecule has 1 atom stereocenters. The first-order valence-corrected chi connectivity index (χ1v) is 8.87. The molecule has 0 saturated heterocycles. The third-order valence-electron chi connectivity index (χ3n) is 4.06. The molecular weight excluding hydrogens is 382 g/mol. The van der Waals surface area contributed by atoms with Crippen LogP contribution in [0.1, 0.15) is 24.9 Å². The molecule has 0 fully saturated rings. The van der Waals surface area contributed by atoms with Gasteiger partial charge in [0.05, 0.1) is 23.3 Å². The maximum Gasteiger partial charge on any atom is 0.261 e. The Hall–Kier alpha value is -2.47. The fourth-order valence-corrected chi connectivity index (χ4v) is 2.99. The Morgan fingerprint density at radius 1 is 1.20 bits per heavy atom. The van der Waals surface area contributed by atoms with Crippen LogP contribution >= 0.6 is 15.9 Å². The lowest BCUT2D eigenvalue weighted by Gasteiger charge is -2.18. The first-order valence-electron chi connectivity index (χ1n) is 8.07. The van der Waals surface area contributed by atoms with E-state index >= 15 is 0 Å². The zero-order valence-electron chi connectivity index (χ0n) is 13.8. The van der Waals surface area contributed by atoms with Crippen molar-refractivity contribution in [3.8, 4) is 0 Å². The van der Waals surface area contributed by atoms with Gasteiger partial charge in [0, 0.05) is 4.47 Å². The summed E-state index contributed by atoms with van der Waals surface area (Å²) in [4.78, 5) is 29.1. The second-order valence-corrected chi connectivity index (χ2v) is 6.69. The van der Waals surface area contributed by atoms with Crippen molar-refractivity contribution in [1.82, 2.24) is 14.9 Å². The summed E-state index contributed by atoms with van der Waals surface area (Å²) in [7, 11) is 0. The predicted octanol–water partition coefficient (Wildman–Crippen LogP) is 3.43. The van der Waals surface area contributed by atoms with Gasteiger partial charge >= 0.3 is 0 Å². The van der Waals surface area contributed by atoms with Gasteiger partial charge in [-0.15, -0.1) is 0 Å². The van der Waals surface area contributed by atoms with Gasteiger partial charge in [-0.25, -0.2) is 4.98 Å². The van der Waals surface area contributed by atoms with Crippen LogP contribution in [0.5, 0.6) is 0 Å². The molecule has 0 radical (unpaired) electrons. The molecule has 0 aliphatic carbocycles. The largest absolute Gasteiger partial charge is 0.348 e. The van der Waals surface area contributed by atoms with Crippen LogP contribution in [0.2, 0.25) is 0 Å². The maximum absolute atomic E-state index is 12.5. The number of halogens is 1. The summed E-state index contributed by atoms with van der Waals surface area (Å²) >= 11 is 3.41. The van der Waals surface area contributed by atoms with Crippen LogP contribution in [-0.4, -0.2) is 15.5 Å². The van der Waals surface area contributed by atoms with Gasteiger partial charge in [-0.2, -0.15) is 0 Å². The number of aromatic nitrogens is 2. The summed E-state index contributed by atoms with van der Waals surface area (Å²) in [5.74, 6) is -0.214. The lowest BCUT2D eigenvalue weighted by Crippen LogP contribution is -2.34. The van der Waals surface area contributed by atoms with E-state index in [0.717, 1.165) is 16.5 Å². The molecule has 0 aliphatic heterocycles. The number of benzene rings is 2. The summed E-state index contributed by atoms with van der Waals surface area (Å²) in [6.07, 6.45) is 2.18. The Morgan fingerprint density at radius 2 is 1.92 bits per heavy atom. The molecule has 5 nitrogen and oxygen atoms in total. The molecule has 128 valence electrons. The molecule has 0 aliphatic rings. The summed E-state index contributed by atoms with van der Waals surface area (Å²) in [5.41, 5.74) is 1.45. The van der Waals surface area contributed by atoms with E-state index in [1.165, 1.54) is 10.9 Å². The molecule has 25 heavy (non-hydrogen) atoms. The topological polar surface area (TPSA) is 64.0 Å². The second-order valence-electron chi connectivity index (χ2n) is 5.77. The van der Waals surface area contributed by atoms with Crippen molar-refractivity contribution in [1.29, 1.82) is 0 Å². The summed E-state index contributed by atoms with van der Waals surface area (Å²) in [5, 5.41) is 3.50. The van der Waals surface area contributed by atoms with Gasteiger partial charge in [0.1, 0.15) is 6.54 Å². The van der Waals surface area contributed by atoms with Gasteiger partial charge in [0.25, 0.3) is 5.56 Å². The zero-order chi connectivity index (χ0) is 17.8. The van der Waals surface area contributed by atoms with Crippen molar-refractivity contribution in [2.45, 2.75) is 25.9 Å². The number of para-hydroxylation sites is 1. The van der Waals surface area contributed by atoms with Gasteiger partial charge in [-0.1, -0.05) is 47.1 Å². The molecule has 3 aromatic rings. The van der Waals surface area contributed by atoms with E-state index in [1.807, 2.05) is 37.3 Å². The average Bonchev–Trinajstić information content (AvgIpc) is 2.63. The summed E-state index contributed by atoms with van der Waals surface area (Å²) < 4.78 is 2.33. The molecule has 6 heteroatoms. The Kier molecular flexibility index (Phi) is 5.28. The molecule has 1 unspecified atom stereocenters. The Bertz CT molecular complexity index is 951. The van der Waals surface area contributed by atoms with Crippen LogP contribution < -0.4 is 10.9 Å². The number of rotatable bonds is 5. The standard InChI is InChI=1S/C19H18BrN3O2/c1-2-16(13-7-9-14(20)10-8-13)22-18(24)11-23-12-21-17-6-4-3-5-15(17)19(23)25/h3-10,12,16H,2,11H2,1H3,(H,22,24). The fraction of sp³-hybridized carbons (Fsp3) is 0.211. The van der Waals surface area contributed by atoms with Crippen LogP contribution in [0.15, 0.2) is 64.1 Å². The number of carbonyl (C=O) groups excluding carboxylic acids is 1. The van der Waals surface area contributed by atoms with Crippen molar-refractivity contribution in [2.75, 3.05) is 0 Å². The van der Waals surface area contributed by atoms with E-state index in [2.05, 4.69) is 26.2 Å². The van der Waals surface area contributed by atoms with E-state index in [1.54, 1.807) is 18.2 Å². The van der Waals surface area contributed by atoms with Crippen LogP contribution in [0.3, 0.4) is 0 Å². The molecule has 0 saturated carbocycles. The molecule has 1 amide bonds. The van der Waals surface area contributed by atoms with E-state index in [9.17, 15) is 9.59 Å². The van der Waals surface area contributed by atoms with E-state index < -0.39 is 0 Å². The van der Waals surface area contributed by atoms with Crippen molar-refractivity contribution in [2.24, 2.45) is 0 Å². The SMILES string of the molecule is CCC(NC(=O)Cn1cnc2ccccc2c1=O)c1ccc(Br)cc1. The van der Waals surface area contributed by atoms with Crippen molar-refractivity contribution < 1.29 is 4.79 Å². The van der Waals surface area contributed by atoms with Gasteiger partial charge in [-0.05, 0) is 36.2 Å². The number of amides is 1. The fourth-order valence-electron chi connectivity index (χ4n) is 2.73. The average molecular weight is 400 g/mol. The van der Waals surface area contributed by atoms with E-state index in [4.69, 9.17) is 0 Å². The summed E-state index contributed by atoms with van der Waals surface area (Å²) in [6.45, 7) is 1.96. The number of hydrogen-bond acceptors (Lipinski definition) is 3. The molecule has 0 bridgehead atoms. The molecule has 1 heterocycles. The highest BCUT2D eigenvalue weighted by atomic mass is 79.9. The Labute approximate surface area is 153 Å². The minimum absolute atomic E-state index is 0.0519. The van der Waals surface area contributed by atoms with Crippen molar-refractivity contribution >= 4 is 32.7 Å². The molecule has 1 aromatic heterocycles. The minimum atomic E-state index is -0.214.